The lowest BCUT2D eigenvalue weighted by Gasteiger charge is -2.13. The molecular weight excluding hydrogens is 328 g/mol. The van der Waals surface area contributed by atoms with E-state index in [-0.39, 0.29) is 17.7 Å². The van der Waals surface area contributed by atoms with Crippen molar-refractivity contribution in [1.29, 1.82) is 0 Å². The van der Waals surface area contributed by atoms with Gasteiger partial charge in [0.05, 0.1) is 7.11 Å². The Balaban J connectivity index is 1.90. The van der Waals surface area contributed by atoms with Gasteiger partial charge in [0.1, 0.15) is 5.75 Å². The number of methoxy groups -OCH3 is 1. The number of hydrogen-bond acceptors (Lipinski definition) is 3. The van der Waals surface area contributed by atoms with E-state index in [1.54, 1.807) is 31.4 Å². The Labute approximate surface area is 154 Å². The van der Waals surface area contributed by atoms with Gasteiger partial charge >= 0.3 is 0 Å². The van der Waals surface area contributed by atoms with E-state index in [0.29, 0.717) is 17.8 Å². The van der Waals surface area contributed by atoms with Gasteiger partial charge in [-0.05, 0) is 54.8 Å². The van der Waals surface area contributed by atoms with Crippen LogP contribution in [0.25, 0.3) is 0 Å². The SMILES string of the molecule is CCC(CC)C(=O)Nc1ccc(C(=O)NCc2ccc(OC)cc2)cc1. The Morgan fingerprint density at radius 3 is 2.12 bits per heavy atom. The Morgan fingerprint density at radius 1 is 0.962 bits per heavy atom. The predicted molar refractivity (Wildman–Crippen MR) is 103 cm³/mol. The van der Waals surface area contributed by atoms with Crippen molar-refractivity contribution in [3.8, 4) is 5.75 Å². The van der Waals surface area contributed by atoms with Crippen molar-refractivity contribution in [3.05, 3.63) is 59.7 Å². The third-order valence-electron chi connectivity index (χ3n) is 4.38. The largest absolute Gasteiger partial charge is 0.497 e. The molecule has 0 aromatic heterocycles. The zero-order valence-electron chi connectivity index (χ0n) is 15.5. The van der Waals surface area contributed by atoms with Gasteiger partial charge in [0, 0.05) is 23.7 Å². The van der Waals surface area contributed by atoms with Crippen molar-refractivity contribution in [1.82, 2.24) is 5.32 Å². The minimum Gasteiger partial charge on any atom is -0.497 e. The van der Waals surface area contributed by atoms with Gasteiger partial charge in [0.15, 0.2) is 0 Å². The lowest BCUT2D eigenvalue weighted by atomic mass is 10.0. The molecule has 0 fully saturated rings. The molecule has 0 radical (unpaired) electrons. The van der Waals surface area contributed by atoms with Crippen molar-refractivity contribution in [2.24, 2.45) is 5.92 Å². The maximum absolute atomic E-state index is 12.3. The molecule has 0 bridgehead atoms. The molecule has 2 amide bonds. The Bertz CT molecular complexity index is 720. The number of anilines is 1. The highest BCUT2D eigenvalue weighted by molar-refractivity contribution is 5.96. The summed E-state index contributed by atoms with van der Waals surface area (Å²) in [4.78, 5) is 24.4. The average molecular weight is 354 g/mol. The topological polar surface area (TPSA) is 67.4 Å². The molecule has 0 unspecified atom stereocenters. The van der Waals surface area contributed by atoms with E-state index in [9.17, 15) is 9.59 Å². The quantitative estimate of drug-likeness (QED) is 0.753. The van der Waals surface area contributed by atoms with E-state index >= 15 is 0 Å². The van der Waals surface area contributed by atoms with Crippen LogP contribution in [-0.2, 0) is 11.3 Å². The minimum absolute atomic E-state index is 0.0162. The maximum atomic E-state index is 12.3. The summed E-state index contributed by atoms with van der Waals surface area (Å²) in [5.41, 5.74) is 2.25. The number of hydrogen-bond donors (Lipinski definition) is 2. The number of ether oxygens (including phenoxy) is 1. The van der Waals surface area contributed by atoms with Crippen LogP contribution in [0.1, 0.15) is 42.6 Å². The fourth-order valence-corrected chi connectivity index (χ4v) is 2.64. The van der Waals surface area contributed by atoms with E-state index in [2.05, 4.69) is 10.6 Å². The van der Waals surface area contributed by atoms with Crippen LogP contribution in [0.3, 0.4) is 0 Å². The molecule has 0 saturated carbocycles. The third kappa shape index (κ3) is 5.34. The Kier molecular flexibility index (Phi) is 7.21. The van der Waals surface area contributed by atoms with Gasteiger partial charge in [-0.3, -0.25) is 9.59 Å². The van der Waals surface area contributed by atoms with E-state index in [0.717, 1.165) is 24.2 Å². The zero-order chi connectivity index (χ0) is 18.9. The van der Waals surface area contributed by atoms with Gasteiger partial charge in [0.2, 0.25) is 5.91 Å². The number of nitrogens with one attached hydrogen (secondary N) is 2. The van der Waals surface area contributed by atoms with Crippen molar-refractivity contribution >= 4 is 17.5 Å². The van der Waals surface area contributed by atoms with Crippen LogP contribution >= 0.6 is 0 Å². The van der Waals surface area contributed by atoms with Crippen LogP contribution in [0, 0.1) is 5.92 Å². The van der Waals surface area contributed by atoms with Gasteiger partial charge in [-0.25, -0.2) is 0 Å². The second kappa shape index (κ2) is 9.61. The summed E-state index contributed by atoms with van der Waals surface area (Å²) in [6.45, 7) is 4.45. The number of amides is 2. The maximum Gasteiger partial charge on any atom is 0.251 e. The fourth-order valence-electron chi connectivity index (χ4n) is 2.64. The first kappa shape index (κ1) is 19.5. The minimum atomic E-state index is -0.154. The standard InChI is InChI=1S/C21H26N2O3/c1-4-16(5-2)21(25)23-18-10-8-17(9-11-18)20(24)22-14-15-6-12-19(26-3)13-7-15/h6-13,16H,4-5,14H2,1-3H3,(H,22,24)(H,23,25). The van der Waals surface area contributed by atoms with E-state index in [4.69, 9.17) is 4.74 Å². The summed E-state index contributed by atoms with van der Waals surface area (Å²) < 4.78 is 5.11. The second-order valence-corrected chi connectivity index (χ2v) is 6.11. The summed E-state index contributed by atoms with van der Waals surface area (Å²) in [5.74, 6) is 0.666. The summed E-state index contributed by atoms with van der Waals surface area (Å²) in [6, 6.07) is 14.5. The first-order chi connectivity index (χ1) is 12.6. The molecule has 138 valence electrons. The zero-order valence-corrected chi connectivity index (χ0v) is 15.5. The highest BCUT2D eigenvalue weighted by Crippen LogP contribution is 2.15. The molecule has 5 heteroatoms. The van der Waals surface area contributed by atoms with Crippen LogP contribution in [0.4, 0.5) is 5.69 Å². The molecule has 0 spiro atoms. The number of carbonyl (C=O) groups is 2. The lowest BCUT2D eigenvalue weighted by molar-refractivity contribution is -0.120. The molecule has 0 saturated heterocycles. The Morgan fingerprint density at radius 2 is 1.58 bits per heavy atom. The number of rotatable bonds is 8. The van der Waals surface area contributed by atoms with Crippen LogP contribution in [0.2, 0.25) is 0 Å². The smallest absolute Gasteiger partial charge is 0.251 e. The van der Waals surface area contributed by atoms with Gasteiger partial charge in [0.25, 0.3) is 5.91 Å². The summed E-state index contributed by atoms with van der Waals surface area (Å²) in [7, 11) is 1.62. The summed E-state index contributed by atoms with van der Waals surface area (Å²) in [6.07, 6.45) is 1.63. The van der Waals surface area contributed by atoms with E-state index in [1.807, 2.05) is 38.1 Å². The van der Waals surface area contributed by atoms with Crippen molar-refractivity contribution in [3.63, 3.8) is 0 Å². The molecule has 5 nitrogen and oxygen atoms in total. The van der Waals surface area contributed by atoms with E-state index < -0.39 is 0 Å². The molecule has 0 aliphatic heterocycles. The Hall–Kier alpha value is -2.82. The summed E-state index contributed by atoms with van der Waals surface area (Å²) >= 11 is 0. The van der Waals surface area contributed by atoms with Gasteiger partial charge in [-0.2, -0.15) is 0 Å². The molecule has 2 rings (SSSR count). The normalized spacial score (nSPS) is 10.5. The molecule has 2 aromatic carbocycles. The lowest BCUT2D eigenvalue weighted by Crippen LogP contribution is -2.23. The fraction of sp³-hybridized carbons (Fsp3) is 0.333. The van der Waals surface area contributed by atoms with Crippen molar-refractivity contribution in [2.45, 2.75) is 33.2 Å². The number of carbonyl (C=O) groups excluding carboxylic acids is 2. The third-order valence-corrected chi connectivity index (χ3v) is 4.38. The van der Waals surface area contributed by atoms with Crippen LogP contribution in [-0.4, -0.2) is 18.9 Å². The first-order valence-electron chi connectivity index (χ1n) is 8.89. The predicted octanol–water partition coefficient (Wildman–Crippen LogP) is 4.00. The van der Waals surface area contributed by atoms with Gasteiger partial charge in [-0.1, -0.05) is 26.0 Å². The van der Waals surface area contributed by atoms with E-state index in [1.165, 1.54) is 0 Å². The highest BCUT2D eigenvalue weighted by Gasteiger charge is 2.14. The molecule has 2 aromatic rings. The average Bonchev–Trinajstić information content (AvgIpc) is 2.68. The van der Waals surface area contributed by atoms with Gasteiger partial charge in [-0.15, -0.1) is 0 Å². The monoisotopic (exact) mass is 354 g/mol. The second-order valence-electron chi connectivity index (χ2n) is 6.11. The van der Waals surface area contributed by atoms with Crippen molar-refractivity contribution < 1.29 is 14.3 Å². The van der Waals surface area contributed by atoms with Crippen molar-refractivity contribution in [2.75, 3.05) is 12.4 Å². The highest BCUT2D eigenvalue weighted by atomic mass is 16.5. The number of benzene rings is 2. The van der Waals surface area contributed by atoms with Crippen LogP contribution < -0.4 is 15.4 Å². The van der Waals surface area contributed by atoms with Gasteiger partial charge < -0.3 is 15.4 Å². The molecule has 2 N–H and O–H groups in total. The molecule has 0 aliphatic rings. The molecule has 0 aliphatic carbocycles. The molecule has 0 atom stereocenters. The van der Waals surface area contributed by atoms with Crippen LogP contribution in [0.5, 0.6) is 5.75 Å². The van der Waals surface area contributed by atoms with Crippen LogP contribution in [0.15, 0.2) is 48.5 Å². The molecule has 0 heterocycles. The molecular formula is C21H26N2O3. The molecule has 26 heavy (non-hydrogen) atoms. The summed E-state index contributed by atoms with van der Waals surface area (Å²) in [5, 5.41) is 5.78. The first-order valence-corrected chi connectivity index (χ1v) is 8.89.